The van der Waals surface area contributed by atoms with Crippen molar-refractivity contribution in [3.63, 3.8) is 0 Å². The maximum Gasteiger partial charge on any atom is 0.268 e. The zero-order valence-corrected chi connectivity index (χ0v) is 7.26. The molecule has 0 aliphatic rings. The maximum absolute atomic E-state index is 11.0. The highest BCUT2D eigenvalue weighted by Crippen LogP contribution is 1.93. The first-order valence-electron chi connectivity index (χ1n) is 3.64. The fraction of sp³-hybridized carbons (Fsp3) is 0.125. The average Bonchev–Trinajstić information content (AvgIpc) is 2.04. The molecule has 2 N–H and O–H groups in total. The van der Waals surface area contributed by atoms with E-state index >= 15 is 0 Å². The quantitative estimate of drug-likeness (QED) is 0.353. The summed E-state index contributed by atoms with van der Waals surface area (Å²) in [6.07, 6.45) is 5.02. The van der Waals surface area contributed by atoms with Gasteiger partial charge in [-0.2, -0.15) is 0 Å². The van der Waals surface area contributed by atoms with Gasteiger partial charge in [-0.25, -0.2) is 5.43 Å². The van der Waals surface area contributed by atoms with Crippen molar-refractivity contribution in [2.45, 2.75) is 0 Å². The SMILES string of the molecule is C=C/C=C(/BC(=O)NNC)C=C. The summed E-state index contributed by atoms with van der Waals surface area (Å²) in [5.74, 6) is -0.0921. The van der Waals surface area contributed by atoms with Crippen molar-refractivity contribution in [2.75, 3.05) is 7.05 Å². The predicted octanol–water partition coefficient (Wildman–Crippen LogP) is 0.523. The molecule has 3 nitrogen and oxygen atoms in total. The van der Waals surface area contributed by atoms with E-state index in [1.54, 1.807) is 25.3 Å². The molecule has 0 aromatic heterocycles. The third kappa shape index (κ3) is 4.52. The van der Waals surface area contributed by atoms with E-state index in [-0.39, 0.29) is 5.81 Å². The van der Waals surface area contributed by atoms with Gasteiger partial charge in [-0.3, -0.25) is 4.79 Å². The Morgan fingerprint density at radius 2 is 2.17 bits per heavy atom. The number of carbonyl (C=O) groups excluding carboxylic acids is 1. The maximum atomic E-state index is 11.0. The van der Waals surface area contributed by atoms with Gasteiger partial charge in [0.2, 0.25) is 0 Å². The molecule has 0 aromatic rings. The van der Waals surface area contributed by atoms with Crippen LogP contribution in [0.1, 0.15) is 0 Å². The number of hydrogen-bond donors (Lipinski definition) is 2. The lowest BCUT2D eigenvalue weighted by molar-refractivity contribution is 0.256. The third-order valence-electron chi connectivity index (χ3n) is 1.22. The molecule has 12 heavy (non-hydrogen) atoms. The van der Waals surface area contributed by atoms with Gasteiger partial charge in [-0.1, -0.05) is 36.9 Å². The lowest BCUT2D eigenvalue weighted by Crippen LogP contribution is -2.37. The molecule has 0 fully saturated rings. The highest BCUT2D eigenvalue weighted by atomic mass is 16.2. The molecule has 1 amide bonds. The van der Waals surface area contributed by atoms with Crippen molar-refractivity contribution in [2.24, 2.45) is 0 Å². The summed E-state index contributed by atoms with van der Waals surface area (Å²) in [7, 11) is 1.96. The second-order valence-corrected chi connectivity index (χ2v) is 2.16. The topological polar surface area (TPSA) is 41.1 Å². The van der Waals surface area contributed by atoms with Gasteiger partial charge in [0.1, 0.15) is 0 Å². The highest BCUT2D eigenvalue weighted by Gasteiger charge is 2.03. The van der Waals surface area contributed by atoms with Crippen molar-refractivity contribution in [3.05, 3.63) is 36.9 Å². The van der Waals surface area contributed by atoms with Gasteiger partial charge < -0.3 is 5.43 Å². The number of nitrogens with one attached hydrogen (secondary N) is 2. The van der Waals surface area contributed by atoms with Gasteiger partial charge in [0.05, 0.1) is 0 Å². The monoisotopic (exact) mass is 164 g/mol. The van der Waals surface area contributed by atoms with E-state index in [0.717, 1.165) is 5.47 Å². The summed E-state index contributed by atoms with van der Waals surface area (Å²) in [6.45, 7) is 7.11. The molecule has 0 unspecified atom stereocenters. The number of rotatable bonds is 5. The number of hydrogen-bond acceptors (Lipinski definition) is 2. The minimum atomic E-state index is -0.0921. The minimum absolute atomic E-state index is 0.0921. The molecule has 0 radical (unpaired) electrons. The van der Waals surface area contributed by atoms with Crippen LogP contribution in [0.15, 0.2) is 36.9 Å². The average molecular weight is 164 g/mol. The molecule has 0 bridgehead atoms. The molecule has 0 saturated carbocycles. The second-order valence-electron chi connectivity index (χ2n) is 2.16. The van der Waals surface area contributed by atoms with Gasteiger partial charge in [-0.15, -0.1) is 0 Å². The van der Waals surface area contributed by atoms with Gasteiger partial charge >= 0.3 is 0 Å². The summed E-state index contributed by atoms with van der Waals surface area (Å²) in [5.41, 5.74) is 5.85. The molecular weight excluding hydrogens is 151 g/mol. The van der Waals surface area contributed by atoms with E-state index in [2.05, 4.69) is 24.0 Å². The molecular formula is C8H13BN2O. The summed E-state index contributed by atoms with van der Waals surface area (Å²) in [4.78, 5) is 11.0. The molecule has 0 aliphatic heterocycles. The molecule has 64 valence electrons. The largest absolute Gasteiger partial charge is 0.301 e. The Balaban J connectivity index is 4.02. The zero-order chi connectivity index (χ0) is 9.40. The van der Waals surface area contributed by atoms with Crippen molar-refractivity contribution in [1.29, 1.82) is 0 Å². The van der Waals surface area contributed by atoms with E-state index < -0.39 is 0 Å². The standard InChI is InChI=1S/C8H13BN2O/c1-4-6-7(5-2)9-8(12)11-10-3/h4-6,9-10H,1-2H2,3H3,(H,11,12)/b7-6+. The number of hydrazine groups is 1. The van der Waals surface area contributed by atoms with Crippen molar-refractivity contribution in [3.8, 4) is 0 Å². The fourth-order valence-corrected chi connectivity index (χ4v) is 0.720. The van der Waals surface area contributed by atoms with Crippen LogP contribution in [0.2, 0.25) is 0 Å². The molecule has 0 atom stereocenters. The Morgan fingerprint density at radius 1 is 1.50 bits per heavy atom. The predicted molar refractivity (Wildman–Crippen MR) is 53.2 cm³/mol. The molecule has 0 saturated heterocycles. The van der Waals surface area contributed by atoms with E-state index in [0.29, 0.717) is 7.28 Å². The van der Waals surface area contributed by atoms with Crippen molar-refractivity contribution < 1.29 is 4.79 Å². The molecule has 0 rings (SSSR count). The van der Waals surface area contributed by atoms with Crippen LogP contribution in [-0.4, -0.2) is 20.1 Å². The number of allylic oxidation sites excluding steroid dienone is 4. The lowest BCUT2D eigenvalue weighted by atomic mass is 9.68. The summed E-state index contributed by atoms with van der Waals surface area (Å²) < 4.78 is 0. The fourth-order valence-electron chi connectivity index (χ4n) is 0.720. The summed E-state index contributed by atoms with van der Waals surface area (Å²) in [6, 6.07) is 0. The summed E-state index contributed by atoms with van der Waals surface area (Å²) >= 11 is 0. The third-order valence-corrected chi connectivity index (χ3v) is 1.22. The number of carbonyl (C=O) groups is 1. The Morgan fingerprint density at radius 3 is 2.58 bits per heavy atom. The van der Waals surface area contributed by atoms with Crippen LogP contribution in [0.3, 0.4) is 0 Å². The van der Waals surface area contributed by atoms with Crippen LogP contribution in [-0.2, 0) is 0 Å². The zero-order valence-electron chi connectivity index (χ0n) is 7.26. The molecule has 0 aliphatic carbocycles. The van der Waals surface area contributed by atoms with Gasteiger partial charge in [0.25, 0.3) is 7.28 Å². The van der Waals surface area contributed by atoms with Crippen molar-refractivity contribution >= 4 is 13.1 Å². The van der Waals surface area contributed by atoms with Crippen LogP contribution < -0.4 is 10.9 Å². The molecule has 0 heterocycles. The molecule has 4 heteroatoms. The van der Waals surface area contributed by atoms with Crippen LogP contribution in [0.5, 0.6) is 0 Å². The lowest BCUT2D eigenvalue weighted by Gasteiger charge is -2.00. The van der Waals surface area contributed by atoms with Gasteiger partial charge in [0, 0.05) is 7.05 Å². The number of amides is 1. The van der Waals surface area contributed by atoms with E-state index in [1.807, 2.05) is 0 Å². The van der Waals surface area contributed by atoms with Crippen LogP contribution >= 0.6 is 0 Å². The highest BCUT2D eigenvalue weighted by molar-refractivity contribution is 6.79. The molecule has 0 spiro atoms. The smallest absolute Gasteiger partial charge is 0.268 e. The Bertz CT molecular complexity index is 211. The first-order valence-corrected chi connectivity index (χ1v) is 3.64. The summed E-state index contributed by atoms with van der Waals surface area (Å²) in [5, 5.41) is 0. The van der Waals surface area contributed by atoms with Crippen LogP contribution in [0.4, 0.5) is 4.79 Å². The Kier molecular flexibility index (Phi) is 5.74. The minimum Gasteiger partial charge on any atom is -0.301 e. The Hall–Kier alpha value is -1.29. The molecule has 0 aromatic carbocycles. The first kappa shape index (κ1) is 10.7. The first-order chi connectivity index (χ1) is 5.74. The van der Waals surface area contributed by atoms with Gasteiger partial charge in [0.15, 0.2) is 5.81 Å². The second kappa shape index (κ2) is 6.43. The Labute approximate surface area is 73.4 Å². The normalized spacial score (nSPS) is 10.2. The van der Waals surface area contributed by atoms with Crippen molar-refractivity contribution in [1.82, 2.24) is 10.9 Å². The van der Waals surface area contributed by atoms with Crippen LogP contribution in [0.25, 0.3) is 0 Å². The van der Waals surface area contributed by atoms with E-state index in [9.17, 15) is 4.79 Å². The van der Waals surface area contributed by atoms with Crippen LogP contribution in [0, 0.1) is 0 Å². The van der Waals surface area contributed by atoms with E-state index in [1.165, 1.54) is 0 Å². The van der Waals surface area contributed by atoms with E-state index in [4.69, 9.17) is 0 Å². The van der Waals surface area contributed by atoms with Gasteiger partial charge in [-0.05, 0) is 0 Å².